The zero-order valence-corrected chi connectivity index (χ0v) is 14.2. The van der Waals surface area contributed by atoms with Crippen molar-refractivity contribution < 1.29 is 4.79 Å². The Labute approximate surface area is 151 Å². The molecule has 6 nitrogen and oxygen atoms in total. The van der Waals surface area contributed by atoms with Crippen LogP contribution in [0.5, 0.6) is 0 Å². The summed E-state index contributed by atoms with van der Waals surface area (Å²) in [6.45, 7) is 0.749. The van der Waals surface area contributed by atoms with Crippen LogP contribution >= 0.6 is 0 Å². The smallest absolute Gasteiger partial charge is 0.240 e. The van der Waals surface area contributed by atoms with Gasteiger partial charge in [0.05, 0.1) is 25.0 Å². The Bertz CT molecular complexity index is 991. The third-order valence-electron chi connectivity index (χ3n) is 4.34. The first-order valence-corrected chi connectivity index (χ1v) is 8.52. The van der Waals surface area contributed by atoms with E-state index in [-0.39, 0.29) is 18.5 Å². The number of amides is 1. The molecule has 2 heterocycles. The Morgan fingerprint density at radius 1 is 0.962 bits per heavy atom. The van der Waals surface area contributed by atoms with Gasteiger partial charge in [-0.1, -0.05) is 48.5 Å². The average molecular weight is 345 g/mol. The number of rotatable bonds is 6. The molecule has 0 aliphatic carbocycles. The summed E-state index contributed by atoms with van der Waals surface area (Å²) < 4.78 is 1.96. The number of benzene rings is 2. The van der Waals surface area contributed by atoms with E-state index < -0.39 is 0 Å². The van der Waals surface area contributed by atoms with E-state index in [2.05, 4.69) is 15.5 Å². The van der Waals surface area contributed by atoms with Crippen LogP contribution in [-0.4, -0.2) is 25.5 Å². The SMILES string of the molecule is O=C(Cn1ccc2ccccc21)NC(Cn1nccn1)c1ccccc1. The van der Waals surface area contributed by atoms with Gasteiger partial charge < -0.3 is 9.88 Å². The number of fused-ring (bicyclic) bond motifs is 1. The molecule has 0 spiro atoms. The van der Waals surface area contributed by atoms with Gasteiger partial charge in [-0.25, -0.2) is 0 Å². The Kier molecular flexibility index (Phi) is 4.47. The second kappa shape index (κ2) is 7.23. The van der Waals surface area contributed by atoms with Crippen molar-refractivity contribution in [1.82, 2.24) is 24.9 Å². The minimum absolute atomic E-state index is 0.0487. The third-order valence-corrected chi connectivity index (χ3v) is 4.34. The molecule has 0 aliphatic heterocycles. The summed E-state index contributed by atoms with van der Waals surface area (Å²) in [5.74, 6) is -0.0487. The molecule has 1 N–H and O–H groups in total. The Morgan fingerprint density at radius 3 is 2.50 bits per heavy atom. The quantitative estimate of drug-likeness (QED) is 0.584. The second-order valence-corrected chi connectivity index (χ2v) is 6.12. The molecular formula is C20H19N5O. The molecule has 0 fully saturated rings. The lowest BCUT2D eigenvalue weighted by atomic mass is 10.1. The number of aromatic nitrogens is 4. The first kappa shape index (κ1) is 16.1. The largest absolute Gasteiger partial charge is 0.346 e. The van der Waals surface area contributed by atoms with E-state index in [0.29, 0.717) is 6.54 Å². The van der Waals surface area contributed by atoms with E-state index in [1.54, 1.807) is 17.2 Å². The molecule has 1 amide bonds. The normalized spacial score (nSPS) is 12.2. The molecule has 130 valence electrons. The molecule has 2 aromatic carbocycles. The van der Waals surface area contributed by atoms with Gasteiger partial charge in [0.15, 0.2) is 0 Å². The summed E-state index contributed by atoms with van der Waals surface area (Å²) in [5.41, 5.74) is 2.07. The molecule has 0 saturated heterocycles. The molecule has 2 aromatic heterocycles. The second-order valence-electron chi connectivity index (χ2n) is 6.12. The lowest BCUT2D eigenvalue weighted by Crippen LogP contribution is -2.34. The van der Waals surface area contributed by atoms with Crippen molar-refractivity contribution in [3.63, 3.8) is 0 Å². The van der Waals surface area contributed by atoms with Crippen molar-refractivity contribution in [1.29, 1.82) is 0 Å². The molecule has 0 radical (unpaired) electrons. The number of hydrogen-bond donors (Lipinski definition) is 1. The Morgan fingerprint density at radius 2 is 1.69 bits per heavy atom. The van der Waals surface area contributed by atoms with Gasteiger partial charge in [0.2, 0.25) is 5.91 Å². The number of hydrogen-bond acceptors (Lipinski definition) is 3. The summed E-state index contributed by atoms with van der Waals surface area (Å²) in [6, 6.07) is 19.7. The van der Waals surface area contributed by atoms with Crippen molar-refractivity contribution >= 4 is 16.8 Å². The van der Waals surface area contributed by atoms with Crippen LogP contribution in [0.3, 0.4) is 0 Å². The maximum Gasteiger partial charge on any atom is 0.240 e. The summed E-state index contributed by atoms with van der Waals surface area (Å²) in [7, 11) is 0. The monoisotopic (exact) mass is 345 g/mol. The minimum Gasteiger partial charge on any atom is -0.346 e. The zero-order chi connectivity index (χ0) is 17.8. The predicted octanol–water partition coefficient (Wildman–Crippen LogP) is 2.79. The molecule has 0 saturated carbocycles. The van der Waals surface area contributed by atoms with E-state index in [4.69, 9.17) is 0 Å². The highest BCUT2D eigenvalue weighted by molar-refractivity contribution is 5.83. The number of para-hydroxylation sites is 1. The van der Waals surface area contributed by atoms with Crippen molar-refractivity contribution in [2.75, 3.05) is 0 Å². The standard InChI is InChI=1S/C20H19N5O/c26-20(15-24-13-10-17-8-4-5-9-19(17)24)23-18(14-25-21-11-12-22-25)16-6-2-1-3-7-16/h1-13,18H,14-15H2,(H,23,26). The highest BCUT2D eigenvalue weighted by Gasteiger charge is 2.16. The fourth-order valence-electron chi connectivity index (χ4n) is 3.09. The number of nitrogens with one attached hydrogen (secondary N) is 1. The molecule has 6 heteroatoms. The van der Waals surface area contributed by atoms with Crippen LogP contribution in [0, 0.1) is 0 Å². The molecule has 1 unspecified atom stereocenters. The number of carbonyl (C=O) groups excluding carboxylic acids is 1. The van der Waals surface area contributed by atoms with Crippen molar-refractivity contribution in [3.05, 3.63) is 84.8 Å². The van der Waals surface area contributed by atoms with Crippen LogP contribution in [0.25, 0.3) is 10.9 Å². The molecule has 0 aliphatic rings. The number of carbonyl (C=O) groups is 1. The van der Waals surface area contributed by atoms with E-state index in [1.165, 1.54) is 0 Å². The van der Waals surface area contributed by atoms with Gasteiger partial charge in [0, 0.05) is 11.7 Å². The fraction of sp³-hybridized carbons (Fsp3) is 0.150. The minimum atomic E-state index is -0.196. The maximum absolute atomic E-state index is 12.7. The predicted molar refractivity (Wildman–Crippen MR) is 99.3 cm³/mol. The van der Waals surface area contributed by atoms with Crippen molar-refractivity contribution in [2.45, 2.75) is 19.1 Å². The van der Waals surface area contributed by atoms with Crippen LogP contribution in [-0.2, 0) is 17.9 Å². The van der Waals surface area contributed by atoms with E-state index in [9.17, 15) is 4.79 Å². The summed E-state index contributed by atoms with van der Waals surface area (Å²) in [6.07, 6.45) is 5.21. The Hall–Kier alpha value is -3.41. The average Bonchev–Trinajstić information content (AvgIpc) is 3.32. The van der Waals surface area contributed by atoms with Crippen molar-refractivity contribution in [3.8, 4) is 0 Å². The van der Waals surface area contributed by atoms with E-state index in [0.717, 1.165) is 16.5 Å². The molecule has 4 rings (SSSR count). The van der Waals surface area contributed by atoms with Gasteiger partial charge in [0.1, 0.15) is 6.54 Å². The summed E-state index contributed by atoms with van der Waals surface area (Å²) in [5, 5.41) is 12.5. The lowest BCUT2D eigenvalue weighted by molar-refractivity contribution is -0.122. The van der Waals surface area contributed by atoms with E-state index >= 15 is 0 Å². The molecular weight excluding hydrogens is 326 g/mol. The van der Waals surface area contributed by atoms with Crippen LogP contribution < -0.4 is 5.32 Å². The summed E-state index contributed by atoms with van der Waals surface area (Å²) >= 11 is 0. The maximum atomic E-state index is 12.7. The molecule has 0 bridgehead atoms. The third kappa shape index (κ3) is 3.49. The molecule has 26 heavy (non-hydrogen) atoms. The zero-order valence-electron chi connectivity index (χ0n) is 14.2. The van der Waals surface area contributed by atoms with Gasteiger partial charge in [-0.15, -0.1) is 0 Å². The fourth-order valence-corrected chi connectivity index (χ4v) is 3.09. The van der Waals surface area contributed by atoms with Crippen LogP contribution in [0.1, 0.15) is 11.6 Å². The topological polar surface area (TPSA) is 64.7 Å². The first-order chi connectivity index (χ1) is 12.8. The highest BCUT2D eigenvalue weighted by Crippen LogP contribution is 2.17. The Balaban J connectivity index is 1.52. The van der Waals surface area contributed by atoms with Crippen LogP contribution in [0.15, 0.2) is 79.3 Å². The van der Waals surface area contributed by atoms with Crippen LogP contribution in [0.2, 0.25) is 0 Å². The molecule has 4 aromatic rings. The first-order valence-electron chi connectivity index (χ1n) is 8.52. The lowest BCUT2D eigenvalue weighted by Gasteiger charge is -2.19. The highest BCUT2D eigenvalue weighted by atomic mass is 16.2. The summed E-state index contributed by atoms with van der Waals surface area (Å²) in [4.78, 5) is 14.3. The van der Waals surface area contributed by atoms with E-state index in [1.807, 2.05) is 71.4 Å². The van der Waals surface area contributed by atoms with Gasteiger partial charge in [-0.3, -0.25) is 4.79 Å². The van der Waals surface area contributed by atoms with Crippen LogP contribution in [0.4, 0.5) is 0 Å². The molecule has 1 atom stereocenters. The van der Waals surface area contributed by atoms with Gasteiger partial charge in [-0.05, 0) is 23.1 Å². The van der Waals surface area contributed by atoms with Gasteiger partial charge in [-0.2, -0.15) is 15.0 Å². The number of nitrogens with zero attached hydrogens (tertiary/aromatic N) is 4. The van der Waals surface area contributed by atoms with Gasteiger partial charge >= 0.3 is 0 Å². The van der Waals surface area contributed by atoms with Crippen molar-refractivity contribution in [2.24, 2.45) is 0 Å². The van der Waals surface area contributed by atoms with Gasteiger partial charge in [0.25, 0.3) is 0 Å².